The van der Waals surface area contributed by atoms with Crippen molar-refractivity contribution in [2.45, 2.75) is 77.0 Å². The largest absolute Gasteiger partial charge is 0.273 e. The molecule has 3 saturated carbocycles. The first kappa shape index (κ1) is 13.5. The van der Waals surface area contributed by atoms with Gasteiger partial charge in [-0.3, -0.25) is 10.5 Å². The molecule has 107 valence electrons. The molecule has 0 unspecified atom stereocenters. The fraction of sp³-hybridized carbons (Fsp3) is 0.941. The standard InChI is InChI=1S/C17H28NO/c18-16(19)17(13-7-1-2-8-13,14-9-3-4-10-14)15-11-5-6-12-15/h13-15,18H,1-12H2. The van der Waals surface area contributed by atoms with E-state index in [1.165, 1.54) is 77.0 Å². The lowest BCUT2D eigenvalue weighted by Gasteiger charge is -2.46. The van der Waals surface area contributed by atoms with Crippen molar-refractivity contribution < 1.29 is 4.79 Å². The van der Waals surface area contributed by atoms with Crippen molar-refractivity contribution in [3.63, 3.8) is 0 Å². The van der Waals surface area contributed by atoms with Crippen LogP contribution in [0.5, 0.6) is 0 Å². The van der Waals surface area contributed by atoms with Crippen molar-refractivity contribution in [1.82, 2.24) is 5.73 Å². The second-order valence-electron chi connectivity index (χ2n) is 7.21. The van der Waals surface area contributed by atoms with Gasteiger partial charge in [-0.2, -0.15) is 0 Å². The van der Waals surface area contributed by atoms with Gasteiger partial charge < -0.3 is 0 Å². The maximum atomic E-state index is 12.5. The van der Waals surface area contributed by atoms with Crippen LogP contribution in [0, 0.1) is 23.2 Å². The van der Waals surface area contributed by atoms with Gasteiger partial charge in [-0.05, 0) is 56.3 Å². The highest BCUT2D eigenvalue weighted by atomic mass is 16.1. The van der Waals surface area contributed by atoms with E-state index in [4.69, 9.17) is 5.73 Å². The molecule has 0 bridgehead atoms. The van der Waals surface area contributed by atoms with Gasteiger partial charge in [-0.25, -0.2) is 0 Å². The van der Waals surface area contributed by atoms with Crippen LogP contribution >= 0.6 is 0 Å². The first-order chi connectivity index (χ1) is 9.26. The van der Waals surface area contributed by atoms with Gasteiger partial charge in [0, 0.05) is 0 Å². The Morgan fingerprint density at radius 2 is 0.947 bits per heavy atom. The molecule has 19 heavy (non-hydrogen) atoms. The van der Waals surface area contributed by atoms with E-state index in [2.05, 4.69) is 0 Å². The second-order valence-corrected chi connectivity index (χ2v) is 7.21. The Labute approximate surface area is 117 Å². The van der Waals surface area contributed by atoms with Crippen LogP contribution < -0.4 is 5.73 Å². The van der Waals surface area contributed by atoms with Gasteiger partial charge in [0.05, 0.1) is 5.41 Å². The first-order valence-electron chi connectivity index (χ1n) is 8.52. The Morgan fingerprint density at radius 3 is 1.16 bits per heavy atom. The van der Waals surface area contributed by atoms with E-state index in [-0.39, 0.29) is 11.3 Å². The molecule has 1 N–H and O–H groups in total. The molecule has 3 aliphatic carbocycles. The SMILES string of the molecule is [NH]C(=O)C(C1CCCC1)(C1CCCC1)C1CCCC1. The van der Waals surface area contributed by atoms with Gasteiger partial charge in [0.25, 0.3) is 0 Å². The predicted molar refractivity (Wildman–Crippen MR) is 76.4 cm³/mol. The number of hydrogen-bond donors (Lipinski definition) is 0. The van der Waals surface area contributed by atoms with Crippen molar-refractivity contribution in [2.75, 3.05) is 0 Å². The molecule has 3 rings (SSSR count). The fourth-order valence-electron chi connectivity index (χ4n) is 5.77. The molecular weight excluding hydrogens is 234 g/mol. The van der Waals surface area contributed by atoms with Crippen LogP contribution in [-0.4, -0.2) is 5.91 Å². The topological polar surface area (TPSA) is 40.9 Å². The van der Waals surface area contributed by atoms with E-state index in [1.54, 1.807) is 0 Å². The van der Waals surface area contributed by atoms with Crippen LogP contribution in [0.15, 0.2) is 0 Å². The maximum Gasteiger partial charge on any atom is 0.245 e. The summed E-state index contributed by atoms with van der Waals surface area (Å²) in [5.41, 5.74) is 7.91. The van der Waals surface area contributed by atoms with Crippen LogP contribution in [0.25, 0.3) is 0 Å². The summed E-state index contributed by atoms with van der Waals surface area (Å²) in [5, 5.41) is 0. The molecule has 1 amide bonds. The number of rotatable bonds is 4. The van der Waals surface area contributed by atoms with Crippen LogP contribution in [0.4, 0.5) is 0 Å². The summed E-state index contributed by atoms with van der Waals surface area (Å²) < 4.78 is 0. The van der Waals surface area contributed by atoms with Gasteiger partial charge in [-0.1, -0.05) is 38.5 Å². The number of carbonyl (C=O) groups is 1. The molecule has 2 nitrogen and oxygen atoms in total. The minimum absolute atomic E-state index is 0.182. The molecule has 3 fully saturated rings. The summed E-state index contributed by atoms with van der Waals surface area (Å²) in [4.78, 5) is 12.5. The molecule has 0 aromatic carbocycles. The lowest BCUT2D eigenvalue weighted by atomic mass is 9.57. The number of carbonyl (C=O) groups excluding carboxylic acids is 1. The van der Waals surface area contributed by atoms with Crippen LogP contribution in [-0.2, 0) is 4.79 Å². The normalized spacial score (nSPS) is 27.4. The molecule has 0 heterocycles. The average Bonchev–Trinajstić information content (AvgIpc) is 3.15. The number of nitrogens with one attached hydrogen (secondary N) is 1. The third kappa shape index (κ3) is 2.11. The third-order valence-electron chi connectivity index (χ3n) is 6.49. The van der Waals surface area contributed by atoms with E-state index >= 15 is 0 Å². The molecule has 0 aromatic rings. The highest BCUT2D eigenvalue weighted by Crippen LogP contribution is 2.58. The third-order valence-corrected chi connectivity index (χ3v) is 6.49. The summed E-state index contributed by atoms with van der Waals surface area (Å²) in [6.07, 6.45) is 15.1. The van der Waals surface area contributed by atoms with Crippen molar-refractivity contribution in [2.24, 2.45) is 23.2 Å². The Bertz CT molecular complexity index is 279. The maximum absolute atomic E-state index is 12.5. The van der Waals surface area contributed by atoms with Crippen molar-refractivity contribution >= 4 is 5.91 Å². The van der Waals surface area contributed by atoms with E-state index in [1.807, 2.05) is 0 Å². The van der Waals surface area contributed by atoms with Crippen molar-refractivity contribution in [1.29, 1.82) is 0 Å². The zero-order chi connectivity index (χ0) is 13.3. The zero-order valence-corrected chi connectivity index (χ0v) is 12.1. The van der Waals surface area contributed by atoms with E-state index in [0.717, 1.165) is 0 Å². The monoisotopic (exact) mass is 262 g/mol. The Hall–Kier alpha value is -0.530. The summed E-state index contributed by atoms with van der Waals surface area (Å²) in [7, 11) is 0. The fourth-order valence-corrected chi connectivity index (χ4v) is 5.77. The van der Waals surface area contributed by atoms with Gasteiger partial charge in [0.1, 0.15) is 0 Å². The Kier molecular flexibility index (Phi) is 3.86. The van der Waals surface area contributed by atoms with Gasteiger partial charge >= 0.3 is 0 Å². The predicted octanol–water partition coefficient (Wildman–Crippen LogP) is 4.35. The van der Waals surface area contributed by atoms with Crippen molar-refractivity contribution in [3.8, 4) is 0 Å². The molecule has 0 saturated heterocycles. The van der Waals surface area contributed by atoms with Crippen LogP contribution in [0.2, 0.25) is 0 Å². The second kappa shape index (κ2) is 5.46. The molecule has 3 aliphatic rings. The lowest BCUT2D eigenvalue weighted by molar-refractivity contribution is -0.141. The highest BCUT2D eigenvalue weighted by molar-refractivity contribution is 5.81. The van der Waals surface area contributed by atoms with E-state index in [9.17, 15) is 4.79 Å². The molecule has 0 atom stereocenters. The average molecular weight is 262 g/mol. The smallest absolute Gasteiger partial charge is 0.245 e. The summed E-state index contributed by atoms with van der Waals surface area (Å²) in [6.45, 7) is 0. The van der Waals surface area contributed by atoms with Gasteiger partial charge in [-0.15, -0.1) is 0 Å². The summed E-state index contributed by atoms with van der Waals surface area (Å²) in [6, 6.07) is 0. The van der Waals surface area contributed by atoms with E-state index < -0.39 is 0 Å². The van der Waals surface area contributed by atoms with Gasteiger partial charge in [0.2, 0.25) is 5.91 Å². The molecule has 2 heteroatoms. The lowest BCUT2D eigenvalue weighted by Crippen LogP contribution is -2.49. The first-order valence-corrected chi connectivity index (χ1v) is 8.52. The highest BCUT2D eigenvalue weighted by Gasteiger charge is 2.56. The minimum atomic E-state index is -0.233. The molecule has 0 spiro atoms. The molecule has 0 aromatic heterocycles. The molecular formula is C17H28NO. The molecule has 0 aliphatic heterocycles. The van der Waals surface area contributed by atoms with Gasteiger partial charge in [0.15, 0.2) is 0 Å². The quantitative estimate of drug-likeness (QED) is 0.742. The molecule has 1 radical (unpaired) electrons. The zero-order valence-electron chi connectivity index (χ0n) is 12.1. The van der Waals surface area contributed by atoms with Crippen LogP contribution in [0.3, 0.4) is 0 Å². The van der Waals surface area contributed by atoms with E-state index in [0.29, 0.717) is 17.8 Å². The number of hydrogen-bond acceptors (Lipinski definition) is 1. The van der Waals surface area contributed by atoms with Crippen LogP contribution in [0.1, 0.15) is 77.0 Å². The minimum Gasteiger partial charge on any atom is -0.273 e. The number of amides is 1. The summed E-state index contributed by atoms with van der Waals surface area (Å²) >= 11 is 0. The summed E-state index contributed by atoms with van der Waals surface area (Å²) in [5.74, 6) is 1.45. The Balaban J connectivity index is 1.96. The Morgan fingerprint density at radius 1 is 0.684 bits per heavy atom. The van der Waals surface area contributed by atoms with Crippen molar-refractivity contribution in [3.05, 3.63) is 0 Å².